The average molecular weight is 166 g/mol. The summed E-state index contributed by atoms with van der Waals surface area (Å²) in [6.45, 7) is 0. The summed E-state index contributed by atoms with van der Waals surface area (Å²) in [5, 5.41) is 14.9. The zero-order valence-corrected chi connectivity index (χ0v) is 6.04. The highest BCUT2D eigenvalue weighted by Gasteiger charge is 3.17. The van der Waals surface area contributed by atoms with E-state index < -0.39 is 11.2 Å². The highest BCUT2D eigenvalue weighted by atomic mass is 16.6. The molecule has 0 radical (unpaired) electrons. The molecule has 0 spiro atoms. The average Bonchev–Trinajstić information content (AvgIpc) is 2.03. The Morgan fingerprint density at radius 2 is 2.25 bits per heavy atom. The predicted molar refractivity (Wildman–Crippen MR) is 35.2 cm³/mol. The van der Waals surface area contributed by atoms with Gasteiger partial charge in [0.1, 0.15) is 11.6 Å². The molecule has 4 aliphatic heterocycles. The van der Waals surface area contributed by atoms with E-state index in [2.05, 4.69) is 5.01 Å². The number of nitrogens with two attached hydrogens (primary N) is 1. The van der Waals surface area contributed by atoms with Gasteiger partial charge in [-0.2, -0.15) is 5.01 Å². The van der Waals surface area contributed by atoms with Crippen LogP contribution in [0.25, 0.3) is 0 Å². The van der Waals surface area contributed by atoms with Crippen LogP contribution >= 0.6 is 0 Å². The molecule has 6 atom stereocenters. The Bertz CT molecular complexity index is 362. The van der Waals surface area contributed by atoms with Gasteiger partial charge in [0.05, 0.1) is 12.1 Å². The molecule has 2 aliphatic carbocycles. The van der Waals surface area contributed by atoms with Gasteiger partial charge in [-0.15, -0.1) is 0 Å². The molecule has 0 aromatic rings. The van der Waals surface area contributed by atoms with E-state index in [0.29, 0.717) is 18.0 Å². The summed E-state index contributed by atoms with van der Waals surface area (Å²) in [4.78, 5) is 10.7. The minimum absolute atomic E-state index is 0.170. The van der Waals surface area contributed by atoms with Gasteiger partial charge < -0.3 is 5.73 Å². The van der Waals surface area contributed by atoms with Gasteiger partial charge in [0.25, 0.3) is 0 Å². The Kier molecular flexibility index (Phi) is 0.361. The SMILES string of the molecule is NC12C3C4C1N1N4C3C12[N+](=O)[O-]. The van der Waals surface area contributed by atoms with E-state index in [1.165, 1.54) is 0 Å². The molecule has 0 amide bonds. The van der Waals surface area contributed by atoms with Gasteiger partial charge in [-0.05, 0) is 0 Å². The zero-order chi connectivity index (χ0) is 8.04. The molecule has 0 bridgehead atoms. The van der Waals surface area contributed by atoms with Crippen molar-refractivity contribution in [3.63, 3.8) is 0 Å². The molecule has 6 aliphatic rings. The molecule has 4 saturated heterocycles. The third-order valence-electron chi connectivity index (χ3n) is 4.85. The van der Waals surface area contributed by atoms with Crippen LogP contribution in [0.5, 0.6) is 0 Å². The summed E-state index contributed by atoms with van der Waals surface area (Å²) in [6.07, 6.45) is 0. The third kappa shape index (κ3) is 0.145. The van der Waals surface area contributed by atoms with Gasteiger partial charge in [0.2, 0.25) is 0 Å². The van der Waals surface area contributed by atoms with Gasteiger partial charge in [-0.25, -0.2) is 5.01 Å². The molecule has 0 aromatic carbocycles. The van der Waals surface area contributed by atoms with Gasteiger partial charge in [0.15, 0.2) is 0 Å². The summed E-state index contributed by atoms with van der Waals surface area (Å²) >= 11 is 0. The number of hydrogen-bond acceptors (Lipinski definition) is 5. The summed E-state index contributed by atoms with van der Waals surface area (Å²) < 4.78 is 0. The minimum Gasteiger partial charge on any atom is -0.316 e. The first kappa shape index (κ1) is 5.11. The maximum absolute atomic E-state index is 10.8. The van der Waals surface area contributed by atoms with Crippen molar-refractivity contribution in [2.45, 2.75) is 29.3 Å². The first-order valence-corrected chi connectivity index (χ1v) is 4.19. The quantitative estimate of drug-likeness (QED) is 0.359. The molecule has 6 nitrogen and oxygen atoms in total. The third-order valence-corrected chi connectivity index (χ3v) is 4.85. The molecule has 6 heteroatoms. The van der Waals surface area contributed by atoms with Crippen molar-refractivity contribution in [3.8, 4) is 0 Å². The lowest BCUT2D eigenvalue weighted by molar-refractivity contribution is -0.834. The molecule has 4 heterocycles. The molecular formula is C6H6N4O2. The van der Waals surface area contributed by atoms with Crippen molar-refractivity contribution in [2.24, 2.45) is 11.7 Å². The zero-order valence-electron chi connectivity index (χ0n) is 6.04. The predicted octanol–water partition coefficient (Wildman–Crippen LogP) is -2.03. The van der Waals surface area contributed by atoms with Crippen LogP contribution in [0, 0.1) is 16.0 Å². The number of nitro groups is 1. The fourth-order valence-corrected chi connectivity index (χ4v) is 4.55. The molecule has 0 aromatic heterocycles. The number of piperazine rings is 1. The highest BCUT2D eigenvalue weighted by molar-refractivity contribution is 5.61. The lowest BCUT2D eigenvalue weighted by Crippen LogP contribution is -3.32. The molecule has 2 N–H and O–H groups in total. The second kappa shape index (κ2) is 0.850. The molecule has 2 saturated carbocycles. The molecule has 62 valence electrons. The first-order valence-electron chi connectivity index (χ1n) is 4.19. The van der Waals surface area contributed by atoms with E-state index in [1.54, 1.807) is 0 Å². The smallest absolute Gasteiger partial charge is 0.316 e. The van der Waals surface area contributed by atoms with E-state index in [4.69, 9.17) is 5.73 Å². The van der Waals surface area contributed by atoms with Crippen molar-refractivity contribution >= 4 is 0 Å². The van der Waals surface area contributed by atoms with Crippen LogP contribution in [-0.2, 0) is 0 Å². The maximum Gasteiger partial charge on any atom is 0.327 e. The van der Waals surface area contributed by atoms with Crippen LogP contribution < -0.4 is 5.73 Å². The monoisotopic (exact) mass is 166 g/mol. The Morgan fingerprint density at radius 3 is 2.58 bits per heavy atom. The van der Waals surface area contributed by atoms with E-state index in [0.717, 1.165) is 0 Å². The van der Waals surface area contributed by atoms with Gasteiger partial charge in [-0.3, -0.25) is 10.1 Å². The van der Waals surface area contributed by atoms with Crippen LogP contribution in [0.4, 0.5) is 0 Å². The van der Waals surface area contributed by atoms with Crippen LogP contribution in [0.1, 0.15) is 0 Å². The lowest BCUT2D eigenvalue weighted by atomic mass is 9.23. The fraction of sp³-hybridized carbons (Fsp3) is 1.00. The van der Waals surface area contributed by atoms with Crippen molar-refractivity contribution in [1.29, 1.82) is 0 Å². The number of nitrogens with zero attached hydrogens (tertiary/aromatic N) is 3. The van der Waals surface area contributed by atoms with Gasteiger partial charge >= 0.3 is 5.66 Å². The van der Waals surface area contributed by atoms with E-state index in [-0.39, 0.29) is 11.0 Å². The standard InChI is InChI=1S/C6H6N4O2/c7-5-1-2-4(5)9-6(5,10(11)12)3(1)8(2)9/h1-4H,7H2. The van der Waals surface area contributed by atoms with Gasteiger partial charge in [-0.1, -0.05) is 0 Å². The molecule has 12 heavy (non-hydrogen) atoms. The fourth-order valence-electron chi connectivity index (χ4n) is 4.55. The number of rotatable bonds is 1. The Balaban J connectivity index is 1.80. The minimum atomic E-state index is -0.836. The van der Waals surface area contributed by atoms with Crippen LogP contribution in [0.3, 0.4) is 0 Å². The first-order chi connectivity index (χ1) is 5.68. The highest BCUT2D eigenvalue weighted by Crippen LogP contribution is 2.89. The Labute approximate surface area is 67.0 Å². The molecule has 6 fully saturated rings. The van der Waals surface area contributed by atoms with Crippen molar-refractivity contribution in [1.82, 2.24) is 10.0 Å². The second-order valence-electron chi connectivity index (χ2n) is 4.55. The second-order valence-corrected chi connectivity index (χ2v) is 4.55. The Morgan fingerprint density at radius 1 is 1.50 bits per heavy atom. The summed E-state index contributed by atoms with van der Waals surface area (Å²) in [6, 6.07) is 1.10. The summed E-state index contributed by atoms with van der Waals surface area (Å²) in [5.41, 5.74) is 4.74. The summed E-state index contributed by atoms with van der Waals surface area (Å²) in [5.74, 6) is 0.456. The lowest BCUT2D eigenvalue weighted by Gasteiger charge is -3.05. The van der Waals surface area contributed by atoms with Crippen molar-refractivity contribution < 1.29 is 4.92 Å². The maximum atomic E-state index is 10.8. The van der Waals surface area contributed by atoms with Crippen LogP contribution in [0.2, 0.25) is 0 Å². The number of piperidine rings is 6. The van der Waals surface area contributed by atoms with Crippen molar-refractivity contribution in [3.05, 3.63) is 10.1 Å². The largest absolute Gasteiger partial charge is 0.327 e. The van der Waals surface area contributed by atoms with Gasteiger partial charge in [0, 0.05) is 10.8 Å². The normalized spacial score (nSPS) is 79.1. The van der Waals surface area contributed by atoms with Crippen LogP contribution in [0.15, 0.2) is 0 Å². The van der Waals surface area contributed by atoms with Crippen molar-refractivity contribution in [2.75, 3.05) is 0 Å². The van der Waals surface area contributed by atoms with E-state index in [9.17, 15) is 10.1 Å². The number of hydrogen-bond donors (Lipinski definition) is 1. The number of hydrazine groups is 1. The molecule has 6 unspecified atom stereocenters. The topological polar surface area (TPSA) is 75.6 Å². The molecule has 6 rings (SSSR count). The summed E-state index contributed by atoms with van der Waals surface area (Å²) in [7, 11) is 0. The van der Waals surface area contributed by atoms with E-state index in [1.807, 2.05) is 5.01 Å². The molecular weight excluding hydrogens is 160 g/mol. The van der Waals surface area contributed by atoms with Crippen LogP contribution in [-0.4, -0.2) is 44.3 Å². The van der Waals surface area contributed by atoms with E-state index >= 15 is 0 Å². The Hall–Kier alpha value is -0.720.